The molecule has 2 heterocycles. The molecule has 0 unspecified atom stereocenters. The van der Waals surface area contributed by atoms with E-state index < -0.39 is 0 Å². The van der Waals surface area contributed by atoms with Crippen molar-refractivity contribution in [3.63, 3.8) is 0 Å². The van der Waals surface area contributed by atoms with Crippen molar-refractivity contribution in [3.8, 4) is 11.5 Å². The fraction of sp³-hybridized carbons (Fsp3) is 0.0833. The van der Waals surface area contributed by atoms with Gasteiger partial charge in [-0.1, -0.05) is 23.4 Å². The van der Waals surface area contributed by atoms with Gasteiger partial charge in [-0.05, 0) is 19.1 Å². The molecule has 4 heteroatoms. The molecule has 4 nitrogen and oxygen atoms in total. The highest BCUT2D eigenvalue weighted by Crippen LogP contribution is 2.20. The summed E-state index contributed by atoms with van der Waals surface area (Å²) >= 11 is 0. The number of para-hydroxylation sites is 1. The van der Waals surface area contributed by atoms with Crippen molar-refractivity contribution >= 4 is 10.9 Å². The fourth-order valence-electron chi connectivity index (χ4n) is 1.60. The molecule has 0 fully saturated rings. The third-order valence-corrected chi connectivity index (χ3v) is 2.37. The number of pyridine rings is 1. The van der Waals surface area contributed by atoms with E-state index in [0.717, 1.165) is 16.5 Å². The largest absolute Gasteiger partial charge is 0.334 e. The van der Waals surface area contributed by atoms with Crippen LogP contribution in [0.2, 0.25) is 0 Å². The van der Waals surface area contributed by atoms with Crippen LogP contribution in [0.1, 0.15) is 5.82 Å². The summed E-state index contributed by atoms with van der Waals surface area (Å²) in [4.78, 5) is 8.51. The summed E-state index contributed by atoms with van der Waals surface area (Å²) in [6.07, 6.45) is 1.75. The topological polar surface area (TPSA) is 51.8 Å². The van der Waals surface area contributed by atoms with Gasteiger partial charge in [0.25, 0.3) is 5.89 Å². The molecule has 0 N–H and O–H groups in total. The summed E-state index contributed by atoms with van der Waals surface area (Å²) in [6, 6.07) is 9.92. The van der Waals surface area contributed by atoms with Gasteiger partial charge >= 0.3 is 0 Å². The molecule has 0 aliphatic carbocycles. The molecule has 0 saturated heterocycles. The number of nitrogens with zero attached hydrogens (tertiary/aromatic N) is 3. The number of benzene rings is 1. The third kappa shape index (κ3) is 1.44. The molecule has 0 aliphatic rings. The molecular weight excluding hydrogens is 202 g/mol. The SMILES string of the molecule is Cc1noc(-c2cnc3ccccc3c2)n1. The van der Waals surface area contributed by atoms with Crippen molar-refractivity contribution in [2.45, 2.75) is 6.92 Å². The lowest BCUT2D eigenvalue weighted by molar-refractivity contribution is 0.425. The third-order valence-electron chi connectivity index (χ3n) is 2.37. The highest BCUT2D eigenvalue weighted by molar-refractivity contribution is 5.81. The van der Waals surface area contributed by atoms with Crippen LogP contribution in [0, 0.1) is 6.92 Å². The van der Waals surface area contributed by atoms with Crippen LogP contribution in [-0.2, 0) is 0 Å². The normalized spacial score (nSPS) is 10.8. The molecule has 3 rings (SSSR count). The van der Waals surface area contributed by atoms with E-state index in [9.17, 15) is 0 Å². The first-order valence-corrected chi connectivity index (χ1v) is 4.98. The van der Waals surface area contributed by atoms with Crippen LogP contribution in [0.4, 0.5) is 0 Å². The molecule has 0 spiro atoms. The van der Waals surface area contributed by atoms with E-state index >= 15 is 0 Å². The lowest BCUT2D eigenvalue weighted by atomic mass is 10.1. The minimum absolute atomic E-state index is 0.510. The van der Waals surface area contributed by atoms with Crippen LogP contribution in [-0.4, -0.2) is 15.1 Å². The van der Waals surface area contributed by atoms with Crippen LogP contribution in [0.25, 0.3) is 22.4 Å². The van der Waals surface area contributed by atoms with Crippen molar-refractivity contribution in [1.82, 2.24) is 15.1 Å². The first kappa shape index (κ1) is 9.03. The Kier molecular flexibility index (Phi) is 1.93. The first-order chi connectivity index (χ1) is 7.83. The van der Waals surface area contributed by atoms with Crippen molar-refractivity contribution in [1.29, 1.82) is 0 Å². The van der Waals surface area contributed by atoms with E-state index in [1.165, 1.54) is 0 Å². The lowest BCUT2D eigenvalue weighted by Crippen LogP contribution is -1.82. The van der Waals surface area contributed by atoms with Crippen LogP contribution < -0.4 is 0 Å². The quantitative estimate of drug-likeness (QED) is 0.620. The fourth-order valence-corrected chi connectivity index (χ4v) is 1.60. The number of hydrogen-bond donors (Lipinski definition) is 0. The van der Waals surface area contributed by atoms with Crippen LogP contribution >= 0.6 is 0 Å². The van der Waals surface area contributed by atoms with Crippen LogP contribution in [0.15, 0.2) is 41.1 Å². The lowest BCUT2D eigenvalue weighted by Gasteiger charge is -1.97. The first-order valence-electron chi connectivity index (χ1n) is 4.98. The Morgan fingerprint density at radius 2 is 2.06 bits per heavy atom. The summed E-state index contributed by atoms with van der Waals surface area (Å²) in [6.45, 7) is 1.79. The average molecular weight is 211 g/mol. The molecule has 0 saturated carbocycles. The summed E-state index contributed by atoms with van der Waals surface area (Å²) in [5.74, 6) is 1.14. The average Bonchev–Trinajstić information content (AvgIpc) is 2.75. The highest BCUT2D eigenvalue weighted by atomic mass is 16.5. The number of hydrogen-bond acceptors (Lipinski definition) is 4. The van der Waals surface area contributed by atoms with E-state index in [4.69, 9.17) is 4.52 Å². The van der Waals surface area contributed by atoms with E-state index in [1.54, 1.807) is 13.1 Å². The molecule has 0 radical (unpaired) electrons. The van der Waals surface area contributed by atoms with Gasteiger partial charge in [-0.2, -0.15) is 4.98 Å². The summed E-state index contributed by atoms with van der Waals surface area (Å²) < 4.78 is 5.10. The summed E-state index contributed by atoms with van der Waals surface area (Å²) in [5, 5.41) is 4.82. The number of fused-ring (bicyclic) bond motifs is 1. The second-order valence-corrected chi connectivity index (χ2v) is 3.56. The molecular formula is C12H9N3O. The van der Waals surface area contributed by atoms with Gasteiger partial charge in [-0.15, -0.1) is 0 Å². The maximum absolute atomic E-state index is 5.10. The minimum Gasteiger partial charge on any atom is -0.334 e. The van der Waals surface area contributed by atoms with Crippen LogP contribution in [0.5, 0.6) is 0 Å². The molecule has 0 amide bonds. The molecule has 1 aromatic carbocycles. The van der Waals surface area contributed by atoms with Crippen molar-refractivity contribution < 1.29 is 4.52 Å². The summed E-state index contributed by atoms with van der Waals surface area (Å²) in [5.41, 5.74) is 1.81. The molecule has 2 aromatic heterocycles. The second-order valence-electron chi connectivity index (χ2n) is 3.56. The zero-order valence-electron chi connectivity index (χ0n) is 8.71. The number of aryl methyl sites for hydroxylation is 1. The Morgan fingerprint density at radius 3 is 2.88 bits per heavy atom. The van der Waals surface area contributed by atoms with Gasteiger partial charge in [0.05, 0.1) is 11.1 Å². The van der Waals surface area contributed by atoms with E-state index in [2.05, 4.69) is 15.1 Å². The Balaban J connectivity index is 2.18. The molecule has 0 atom stereocenters. The van der Waals surface area contributed by atoms with E-state index in [1.807, 2.05) is 30.3 Å². The zero-order valence-corrected chi connectivity index (χ0v) is 8.71. The Morgan fingerprint density at radius 1 is 1.19 bits per heavy atom. The standard InChI is InChI=1S/C12H9N3O/c1-8-14-12(16-15-8)10-6-9-4-2-3-5-11(9)13-7-10/h2-7H,1H3. The summed E-state index contributed by atoms with van der Waals surface area (Å²) in [7, 11) is 0. The molecule has 0 bridgehead atoms. The maximum atomic E-state index is 5.10. The molecule has 16 heavy (non-hydrogen) atoms. The van der Waals surface area contributed by atoms with Gasteiger partial charge in [-0.3, -0.25) is 4.98 Å². The Hall–Kier alpha value is -2.23. The van der Waals surface area contributed by atoms with Crippen molar-refractivity contribution in [2.75, 3.05) is 0 Å². The maximum Gasteiger partial charge on any atom is 0.259 e. The monoisotopic (exact) mass is 211 g/mol. The Bertz CT molecular complexity index is 645. The molecule has 0 aliphatic heterocycles. The molecule has 78 valence electrons. The smallest absolute Gasteiger partial charge is 0.259 e. The van der Waals surface area contributed by atoms with Crippen molar-refractivity contribution in [2.24, 2.45) is 0 Å². The molecule has 3 aromatic rings. The predicted octanol–water partition coefficient (Wildman–Crippen LogP) is 2.59. The predicted molar refractivity (Wildman–Crippen MR) is 59.8 cm³/mol. The number of aromatic nitrogens is 3. The van der Waals surface area contributed by atoms with Gasteiger partial charge in [-0.25, -0.2) is 0 Å². The van der Waals surface area contributed by atoms with Gasteiger partial charge in [0.2, 0.25) is 0 Å². The zero-order chi connectivity index (χ0) is 11.0. The van der Waals surface area contributed by atoms with E-state index in [-0.39, 0.29) is 0 Å². The highest BCUT2D eigenvalue weighted by Gasteiger charge is 2.07. The minimum atomic E-state index is 0.510. The Labute approximate surface area is 91.9 Å². The number of rotatable bonds is 1. The second kappa shape index (κ2) is 3.41. The van der Waals surface area contributed by atoms with Gasteiger partial charge < -0.3 is 4.52 Å². The van der Waals surface area contributed by atoms with Crippen molar-refractivity contribution in [3.05, 3.63) is 42.4 Å². The van der Waals surface area contributed by atoms with Crippen LogP contribution in [0.3, 0.4) is 0 Å². The van der Waals surface area contributed by atoms with Gasteiger partial charge in [0, 0.05) is 11.6 Å². The van der Waals surface area contributed by atoms with Gasteiger partial charge in [0.15, 0.2) is 5.82 Å². The van der Waals surface area contributed by atoms with E-state index in [0.29, 0.717) is 11.7 Å². The van der Waals surface area contributed by atoms with Gasteiger partial charge in [0.1, 0.15) is 0 Å².